The number of hydrogen-bond donors (Lipinski definition) is 3. The molecule has 0 fully saturated rings. The molecule has 0 saturated heterocycles. The molecule has 0 saturated carbocycles. The van der Waals surface area contributed by atoms with Crippen molar-refractivity contribution < 1.29 is 14.9 Å². The lowest BCUT2D eigenvalue weighted by Gasteiger charge is -2.17. The van der Waals surface area contributed by atoms with Crippen LogP contribution >= 0.6 is 0 Å². The van der Waals surface area contributed by atoms with Crippen molar-refractivity contribution in [2.75, 3.05) is 20.1 Å². The van der Waals surface area contributed by atoms with Gasteiger partial charge in [0.15, 0.2) is 13.1 Å². The van der Waals surface area contributed by atoms with E-state index in [0.29, 0.717) is 0 Å². The van der Waals surface area contributed by atoms with Gasteiger partial charge in [-0.2, -0.15) is 0 Å². The zero-order chi connectivity index (χ0) is 15.0. The van der Waals surface area contributed by atoms with Gasteiger partial charge in [0.1, 0.15) is 0 Å². The lowest BCUT2D eigenvalue weighted by molar-refractivity contribution is -0.633. The summed E-state index contributed by atoms with van der Waals surface area (Å²) >= 11 is 0. The molecular formula is C15H24N3O2+. The number of amides is 2. The molecule has 1 atom stereocenters. The summed E-state index contributed by atoms with van der Waals surface area (Å²) in [7, 11) is 1.58. The van der Waals surface area contributed by atoms with E-state index in [1.165, 1.54) is 5.56 Å². The van der Waals surface area contributed by atoms with Crippen LogP contribution < -0.4 is 16.0 Å². The lowest BCUT2D eigenvalue weighted by Crippen LogP contribution is -2.88. The molecule has 0 radical (unpaired) electrons. The monoisotopic (exact) mass is 278 g/mol. The molecule has 4 N–H and O–H groups in total. The molecule has 0 heterocycles. The smallest absolute Gasteiger partial charge is 0.275 e. The number of rotatable bonds is 7. The predicted octanol–water partition coefficient (Wildman–Crippen LogP) is -0.128. The van der Waals surface area contributed by atoms with Crippen LogP contribution in [0.4, 0.5) is 0 Å². The molecule has 1 aromatic carbocycles. The van der Waals surface area contributed by atoms with Crippen molar-refractivity contribution in [1.29, 1.82) is 0 Å². The van der Waals surface area contributed by atoms with Crippen molar-refractivity contribution in [2.45, 2.75) is 26.3 Å². The molecule has 0 spiro atoms. The van der Waals surface area contributed by atoms with Gasteiger partial charge in [0.2, 0.25) is 0 Å². The van der Waals surface area contributed by atoms with E-state index in [1.807, 2.05) is 38.1 Å². The molecule has 2 amide bonds. The predicted molar refractivity (Wildman–Crippen MR) is 78.1 cm³/mol. The summed E-state index contributed by atoms with van der Waals surface area (Å²) in [6.45, 7) is 4.61. The van der Waals surface area contributed by atoms with Gasteiger partial charge in [-0.05, 0) is 18.9 Å². The van der Waals surface area contributed by atoms with E-state index in [9.17, 15) is 9.59 Å². The molecule has 1 rings (SSSR count). The van der Waals surface area contributed by atoms with E-state index in [1.54, 1.807) is 12.4 Å². The third kappa shape index (κ3) is 5.40. The first-order chi connectivity index (χ1) is 9.56. The molecule has 0 bridgehead atoms. The van der Waals surface area contributed by atoms with Gasteiger partial charge in [0, 0.05) is 7.05 Å². The van der Waals surface area contributed by atoms with Crippen LogP contribution in [0, 0.1) is 6.92 Å². The number of nitrogens with two attached hydrogens (primary N) is 1. The van der Waals surface area contributed by atoms with Crippen molar-refractivity contribution in [3.63, 3.8) is 0 Å². The Morgan fingerprint density at radius 2 is 1.75 bits per heavy atom. The van der Waals surface area contributed by atoms with Crippen LogP contribution in [0.1, 0.15) is 30.5 Å². The minimum absolute atomic E-state index is 0.0245. The Labute approximate surface area is 120 Å². The van der Waals surface area contributed by atoms with Crippen molar-refractivity contribution in [3.8, 4) is 0 Å². The number of carbonyl (C=O) groups is 2. The highest BCUT2D eigenvalue weighted by atomic mass is 16.2. The largest absolute Gasteiger partial charge is 0.354 e. The van der Waals surface area contributed by atoms with Crippen molar-refractivity contribution in [3.05, 3.63) is 35.4 Å². The average Bonchev–Trinajstić information content (AvgIpc) is 2.45. The molecule has 0 aliphatic carbocycles. The Morgan fingerprint density at radius 3 is 2.30 bits per heavy atom. The Balaban J connectivity index is 2.45. The summed E-state index contributed by atoms with van der Waals surface area (Å²) < 4.78 is 0. The molecule has 5 nitrogen and oxygen atoms in total. The van der Waals surface area contributed by atoms with E-state index in [4.69, 9.17) is 0 Å². The molecule has 20 heavy (non-hydrogen) atoms. The fourth-order valence-corrected chi connectivity index (χ4v) is 1.91. The van der Waals surface area contributed by atoms with Crippen molar-refractivity contribution in [2.24, 2.45) is 0 Å². The summed E-state index contributed by atoms with van der Waals surface area (Å²) in [5.41, 5.74) is 2.31. The summed E-state index contributed by atoms with van der Waals surface area (Å²) in [6, 6.07) is 8.19. The minimum Gasteiger partial charge on any atom is -0.354 e. The third-order valence-corrected chi connectivity index (χ3v) is 3.16. The fourth-order valence-electron chi connectivity index (χ4n) is 1.91. The molecule has 0 aromatic heterocycles. The summed E-state index contributed by atoms with van der Waals surface area (Å²) in [5, 5.41) is 7.20. The number of benzene rings is 1. The molecule has 110 valence electrons. The van der Waals surface area contributed by atoms with E-state index < -0.39 is 0 Å². The van der Waals surface area contributed by atoms with Crippen molar-refractivity contribution in [1.82, 2.24) is 10.6 Å². The van der Waals surface area contributed by atoms with Crippen LogP contribution in [0.2, 0.25) is 0 Å². The number of nitrogens with one attached hydrogen (secondary N) is 2. The van der Waals surface area contributed by atoms with E-state index in [2.05, 4.69) is 10.6 Å². The zero-order valence-corrected chi connectivity index (χ0v) is 12.4. The van der Waals surface area contributed by atoms with Gasteiger partial charge in [0.25, 0.3) is 11.8 Å². The Hall–Kier alpha value is -1.88. The van der Waals surface area contributed by atoms with Crippen LogP contribution in [0.3, 0.4) is 0 Å². The highest BCUT2D eigenvalue weighted by Crippen LogP contribution is 2.16. The molecule has 0 aliphatic rings. The van der Waals surface area contributed by atoms with Gasteiger partial charge in [-0.3, -0.25) is 9.59 Å². The van der Waals surface area contributed by atoms with Gasteiger partial charge >= 0.3 is 0 Å². The fraction of sp³-hybridized carbons (Fsp3) is 0.467. The van der Waals surface area contributed by atoms with E-state index in [0.717, 1.165) is 12.0 Å². The Morgan fingerprint density at radius 1 is 1.15 bits per heavy atom. The molecule has 0 aliphatic heterocycles. The zero-order valence-electron chi connectivity index (χ0n) is 12.4. The number of aryl methyl sites for hydroxylation is 1. The van der Waals surface area contributed by atoms with E-state index in [-0.39, 0.29) is 30.9 Å². The van der Waals surface area contributed by atoms with Crippen LogP contribution in [0.15, 0.2) is 24.3 Å². The highest BCUT2D eigenvalue weighted by molar-refractivity contribution is 5.78. The van der Waals surface area contributed by atoms with Crippen LogP contribution in [-0.4, -0.2) is 32.0 Å². The van der Waals surface area contributed by atoms with Gasteiger partial charge in [-0.1, -0.05) is 36.8 Å². The highest BCUT2D eigenvalue weighted by Gasteiger charge is 2.13. The molecule has 5 heteroatoms. The third-order valence-electron chi connectivity index (χ3n) is 3.16. The average molecular weight is 278 g/mol. The maximum Gasteiger partial charge on any atom is 0.275 e. The van der Waals surface area contributed by atoms with E-state index >= 15 is 0 Å². The first-order valence-corrected chi connectivity index (χ1v) is 6.95. The number of quaternary nitrogens is 1. The van der Waals surface area contributed by atoms with Crippen molar-refractivity contribution >= 4 is 11.8 Å². The second-order valence-corrected chi connectivity index (χ2v) is 4.81. The number of likely N-dealkylation sites (N-methyl/N-ethyl adjacent to an activating group) is 1. The standard InChI is InChI=1S/C15H23N3O2/c1-4-13(12-7-5-11(2)6-8-12)18-15(20)10-17-9-14(19)16-3/h5-8,13,17H,4,9-10H2,1-3H3,(H,16,19)(H,18,20)/p+1/t13-/m1/s1. The van der Waals surface area contributed by atoms with Gasteiger partial charge in [0.05, 0.1) is 6.04 Å². The molecule has 0 unspecified atom stereocenters. The van der Waals surface area contributed by atoms with Crippen LogP contribution in [0.25, 0.3) is 0 Å². The van der Waals surface area contributed by atoms with Gasteiger partial charge < -0.3 is 16.0 Å². The maximum absolute atomic E-state index is 11.8. The van der Waals surface area contributed by atoms with Crippen LogP contribution in [0.5, 0.6) is 0 Å². The summed E-state index contributed by atoms with van der Waals surface area (Å²) in [6.07, 6.45) is 0.838. The topological polar surface area (TPSA) is 74.8 Å². The minimum atomic E-state index is -0.0802. The van der Waals surface area contributed by atoms with Gasteiger partial charge in [-0.25, -0.2) is 0 Å². The Kier molecular flexibility index (Phi) is 6.73. The number of carbonyl (C=O) groups excluding carboxylic acids is 2. The van der Waals surface area contributed by atoms with Crippen LogP contribution in [-0.2, 0) is 9.59 Å². The number of hydrogen-bond acceptors (Lipinski definition) is 2. The second kappa shape index (κ2) is 8.32. The lowest BCUT2D eigenvalue weighted by atomic mass is 10.0. The SMILES string of the molecule is CC[C@@H](NC(=O)C[NH2+]CC(=O)NC)c1ccc(C)cc1. The maximum atomic E-state index is 11.8. The Bertz CT molecular complexity index is 443. The normalized spacial score (nSPS) is 11.8. The quantitative estimate of drug-likeness (QED) is 0.650. The molecule has 1 aromatic rings. The van der Waals surface area contributed by atoms with Gasteiger partial charge in [-0.15, -0.1) is 0 Å². The molecular weight excluding hydrogens is 254 g/mol. The summed E-state index contributed by atoms with van der Waals surface area (Å²) in [5.74, 6) is -0.135. The second-order valence-electron chi connectivity index (χ2n) is 4.81. The first-order valence-electron chi connectivity index (χ1n) is 6.95. The first kappa shape index (κ1) is 16.2. The summed E-state index contributed by atoms with van der Waals surface area (Å²) in [4.78, 5) is 22.9.